The van der Waals surface area contributed by atoms with Gasteiger partial charge in [-0.1, -0.05) is 110 Å². The lowest BCUT2D eigenvalue weighted by molar-refractivity contribution is 0.701. The minimum absolute atomic E-state index is 0.776. The molecular formula is C24H27ClSi. The van der Waals surface area contributed by atoms with Crippen molar-refractivity contribution in [2.75, 3.05) is 5.88 Å². The monoisotopic (exact) mass is 378 g/mol. The Morgan fingerprint density at radius 1 is 0.500 bits per heavy atom. The maximum absolute atomic E-state index is 5.87. The molecule has 0 aliphatic heterocycles. The third-order valence-electron chi connectivity index (χ3n) is 5.24. The standard InChI is InChI=1S/C24H27ClSi/c25-20-12-1-2-13-21-26(22-14-6-3-7-15-22,23-16-8-4-9-17-23)24-18-10-5-11-19-24/h3-11,14-19H,1-2,12-13,20-21H2. The van der Waals surface area contributed by atoms with Crippen molar-refractivity contribution in [1.82, 2.24) is 0 Å². The Balaban J connectivity index is 2.06. The van der Waals surface area contributed by atoms with Gasteiger partial charge in [0.25, 0.3) is 0 Å². The summed E-state index contributed by atoms with van der Waals surface area (Å²) in [7, 11) is -2.02. The van der Waals surface area contributed by atoms with Gasteiger partial charge in [0.15, 0.2) is 0 Å². The molecule has 0 atom stereocenters. The quantitative estimate of drug-likeness (QED) is 0.214. The molecule has 0 fully saturated rings. The molecule has 0 aromatic heterocycles. The van der Waals surface area contributed by atoms with Crippen LogP contribution in [-0.4, -0.2) is 14.0 Å². The predicted molar refractivity (Wildman–Crippen MR) is 118 cm³/mol. The fraction of sp³-hybridized carbons (Fsp3) is 0.250. The van der Waals surface area contributed by atoms with Crippen LogP contribution in [-0.2, 0) is 0 Å². The molecule has 0 unspecified atom stereocenters. The molecule has 3 aromatic rings. The maximum atomic E-state index is 5.87. The summed E-state index contributed by atoms with van der Waals surface area (Å²) in [5, 5.41) is 4.53. The van der Waals surface area contributed by atoms with Crippen molar-refractivity contribution in [3.63, 3.8) is 0 Å². The number of hydrogen-bond donors (Lipinski definition) is 0. The lowest BCUT2D eigenvalue weighted by Crippen LogP contribution is -2.66. The number of halogens is 1. The topological polar surface area (TPSA) is 0 Å². The predicted octanol–water partition coefficient (Wildman–Crippen LogP) is 4.96. The SMILES string of the molecule is ClCCCCCC[Si](c1ccccc1)(c1ccccc1)c1ccccc1. The molecule has 26 heavy (non-hydrogen) atoms. The Bertz CT molecular complexity index is 659. The highest BCUT2D eigenvalue weighted by Crippen LogP contribution is 2.17. The number of rotatable bonds is 9. The molecule has 134 valence electrons. The molecule has 3 rings (SSSR count). The largest absolute Gasteiger partial charge is 0.148 e. The van der Waals surface area contributed by atoms with Gasteiger partial charge < -0.3 is 0 Å². The first-order valence-corrected chi connectivity index (χ1v) is 12.3. The molecule has 0 N–H and O–H groups in total. The van der Waals surface area contributed by atoms with Crippen LogP contribution in [0.4, 0.5) is 0 Å². The van der Waals surface area contributed by atoms with Crippen LogP contribution in [0.3, 0.4) is 0 Å². The lowest BCUT2D eigenvalue weighted by Gasteiger charge is -2.34. The average Bonchev–Trinajstić information content (AvgIpc) is 2.73. The number of unbranched alkanes of at least 4 members (excludes halogenated alkanes) is 3. The number of alkyl halides is 1. The van der Waals surface area contributed by atoms with E-state index in [2.05, 4.69) is 91.0 Å². The molecule has 3 aromatic carbocycles. The molecule has 0 saturated carbocycles. The van der Waals surface area contributed by atoms with Crippen LogP contribution in [0.15, 0.2) is 91.0 Å². The van der Waals surface area contributed by atoms with E-state index >= 15 is 0 Å². The van der Waals surface area contributed by atoms with Gasteiger partial charge in [0.05, 0.1) is 0 Å². The second-order valence-corrected chi connectivity index (χ2v) is 11.3. The average molecular weight is 379 g/mol. The van der Waals surface area contributed by atoms with Crippen molar-refractivity contribution in [3.8, 4) is 0 Å². The number of benzene rings is 3. The van der Waals surface area contributed by atoms with Gasteiger partial charge in [0.2, 0.25) is 0 Å². The third-order valence-corrected chi connectivity index (χ3v) is 10.6. The summed E-state index contributed by atoms with van der Waals surface area (Å²) in [5.41, 5.74) is 0. The van der Waals surface area contributed by atoms with Gasteiger partial charge in [-0.25, -0.2) is 0 Å². The van der Waals surface area contributed by atoms with E-state index in [4.69, 9.17) is 11.6 Å². The lowest BCUT2D eigenvalue weighted by atomic mass is 10.2. The van der Waals surface area contributed by atoms with E-state index in [9.17, 15) is 0 Å². The van der Waals surface area contributed by atoms with Gasteiger partial charge in [0.1, 0.15) is 8.07 Å². The molecule has 0 bridgehead atoms. The molecule has 0 nitrogen and oxygen atoms in total. The van der Waals surface area contributed by atoms with E-state index in [1.807, 2.05) is 0 Å². The van der Waals surface area contributed by atoms with Crippen LogP contribution >= 0.6 is 11.6 Å². The molecule has 0 radical (unpaired) electrons. The van der Waals surface area contributed by atoms with E-state index in [0.29, 0.717) is 0 Å². The Kier molecular flexibility index (Phi) is 7.10. The Hall–Kier alpha value is -1.83. The highest BCUT2D eigenvalue weighted by atomic mass is 35.5. The molecule has 0 spiro atoms. The Labute approximate surface area is 163 Å². The zero-order chi connectivity index (χ0) is 18.1. The van der Waals surface area contributed by atoms with Crippen LogP contribution in [0.2, 0.25) is 6.04 Å². The van der Waals surface area contributed by atoms with Gasteiger partial charge in [0, 0.05) is 5.88 Å². The summed E-state index contributed by atoms with van der Waals surface area (Å²) in [4.78, 5) is 0. The summed E-state index contributed by atoms with van der Waals surface area (Å²) in [6.07, 6.45) is 4.86. The summed E-state index contributed by atoms with van der Waals surface area (Å²) >= 11 is 5.87. The summed E-state index contributed by atoms with van der Waals surface area (Å²) in [6, 6.07) is 34.8. The van der Waals surface area contributed by atoms with Crippen molar-refractivity contribution in [3.05, 3.63) is 91.0 Å². The third kappa shape index (κ3) is 4.28. The van der Waals surface area contributed by atoms with Gasteiger partial charge >= 0.3 is 0 Å². The van der Waals surface area contributed by atoms with Crippen molar-refractivity contribution in [1.29, 1.82) is 0 Å². The first-order valence-electron chi connectivity index (χ1n) is 9.60. The molecule has 0 aliphatic rings. The van der Waals surface area contributed by atoms with Crippen molar-refractivity contribution < 1.29 is 0 Å². The van der Waals surface area contributed by atoms with E-state index in [1.54, 1.807) is 0 Å². The van der Waals surface area contributed by atoms with Crippen LogP contribution in [0, 0.1) is 0 Å². The zero-order valence-electron chi connectivity index (χ0n) is 15.3. The minimum atomic E-state index is -2.02. The van der Waals surface area contributed by atoms with Crippen molar-refractivity contribution in [2.45, 2.75) is 31.7 Å². The van der Waals surface area contributed by atoms with Gasteiger partial charge in [-0.15, -0.1) is 11.6 Å². The second kappa shape index (κ2) is 9.75. The van der Waals surface area contributed by atoms with Crippen molar-refractivity contribution in [2.24, 2.45) is 0 Å². The van der Waals surface area contributed by atoms with Gasteiger partial charge in [-0.05, 0) is 28.0 Å². The van der Waals surface area contributed by atoms with Crippen LogP contribution in [0.1, 0.15) is 25.7 Å². The molecule has 2 heteroatoms. The summed E-state index contributed by atoms with van der Waals surface area (Å²) in [6.45, 7) is 0. The van der Waals surface area contributed by atoms with Crippen LogP contribution in [0.25, 0.3) is 0 Å². The molecule has 0 heterocycles. The van der Waals surface area contributed by atoms with Gasteiger partial charge in [-0.2, -0.15) is 0 Å². The van der Waals surface area contributed by atoms with E-state index < -0.39 is 8.07 Å². The fourth-order valence-electron chi connectivity index (χ4n) is 3.94. The van der Waals surface area contributed by atoms with E-state index in [1.165, 1.54) is 40.9 Å². The summed E-state index contributed by atoms with van der Waals surface area (Å²) < 4.78 is 0. The van der Waals surface area contributed by atoms with E-state index in [0.717, 1.165) is 12.3 Å². The Morgan fingerprint density at radius 2 is 0.885 bits per heavy atom. The molecule has 0 amide bonds. The number of hydrogen-bond acceptors (Lipinski definition) is 0. The molecular weight excluding hydrogens is 352 g/mol. The fourth-order valence-corrected chi connectivity index (χ4v) is 9.06. The maximum Gasteiger partial charge on any atom is 0.148 e. The van der Waals surface area contributed by atoms with Crippen LogP contribution < -0.4 is 15.6 Å². The summed E-state index contributed by atoms with van der Waals surface area (Å²) in [5.74, 6) is 0.776. The highest BCUT2D eigenvalue weighted by Gasteiger charge is 2.38. The van der Waals surface area contributed by atoms with Crippen LogP contribution in [0.5, 0.6) is 0 Å². The van der Waals surface area contributed by atoms with Gasteiger partial charge in [-0.3, -0.25) is 0 Å². The van der Waals surface area contributed by atoms with Crippen molar-refractivity contribution >= 4 is 35.2 Å². The minimum Gasteiger partial charge on any atom is -0.127 e. The molecule has 0 aliphatic carbocycles. The second-order valence-electron chi connectivity index (χ2n) is 6.86. The smallest absolute Gasteiger partial charge is 0.127 e. The Morgan fingerprint density at radius 3 is 1.27 bits per heavy atom. The normalized spacial score (nSPS) is 11.4. The highest BCUT2D eigenvalue weighted by molar-refractivity contribution is 7.11. The first kappa shape index (κ1) is 18.9. The zero-order valence-corrected chi connectivity index (χ0v) is 17.0. The van der Waals surface area contributed by atoms with E-state index in [-0.39, 0.29) is 0 Å². The first-order chi connectivity index (χ1) is 12.9. The molecule has 0 saturated heterocycles.